The van der Waals surface area contributed by atoms with Gasteiger partial charge in [0.15, 0.2) is 0 Å². The van der Waals surface area contributed by atoms with E-state index in [1.807, 2.05) is 0 Å². The van der Waals surface area contributed by atoms with Crippen LogP contribution in [0, 0.1) is 17.6 Å². The number of benzene rings is 1. The number of anilines is 1. The Bertz CT molecular complexity index is 378. The Labute approximate surface area is 101 Å². The maximum absolute atomic E-state index is 13.5. The smallest absolute Gasteiger partial charge is 0.146 e. The highest BCUT2D eigenvalue weighted by atomic mass is 19.1. The van der Waals surface area contributed by atoms with Gasteiger partial charge in [0.05, 0.1) is 5.69 Å². The SMILES string of the molecule is CCC1CCCC(Nc2cc(F)ccc2F)C1. The van der Waals surface area contributed by atoms with Gasteiger partial charge in [-0.15, -0.1) is 0 Å². The van der Waals surface area contributed by atoms with Crippen LogP contribution in [0.3, 0.4) is 0 Å². The average molecular weight is 239 g/mol. The van der Waals surface area contributed by atoms with Crippen LogP contribution in [0.25, 0.3) is 0 Å². The molecule has 1 N–H and O–H groups in total. The summed E-state index contributed by atoms with van der Waals surface area (Å²) in [6.45, 7) is 2.19. The Kier molecular flexibility index (Phi) is 3.97. The molecule has 2 atom stereocenters. The molecule has 2 unspecified atom stereocenters. The first-order valence-corrected chi connectivity index (χ1v) is 6.40. The Morgan fingerprint density at radius 2 is 2.12 bits per heavy atom. The molecule has 2 rings (SSSR count). The molecular weight excluding hydrogens is 220 g/mol. The Morgan fingerprint density at radius 3 is 2.88 bits per heavy atom. The molecule has 1 fully saturated rings. The highest BCUT2D eigenvalue weighted by molar-refractivity contribution is 5.45. The van der Waals surface area contributed by atoms with Gasteiger partial charge >= 0.3 is 0 Å². The van der Waals surface area contributed by atoms with Gasteiger partial charge in [-0.2, -0.15) is 0 Å². The number of hydrogen-bond acceptors (Lipinski definition) is 1. The zero-order valence-electron chi connectivity index (χ0n) is 10.2. The average Bonchev–Trinajstić information content (AvgIpc) is 2.34. The van der Waals surface area contributed by atoms with E-state index >= 15 is 0 Å². The molecule has 0 amide bonds. The first kappa shape index (κ1) is 12.3. The van der Waals surface area contributed by atoms with E-state index in [2.05, 4.69) is 12.2 Å². The van der Waals surface area contributed by atoms with Crippen molar-refractivity contribution in [3.63, 3.8) is 0 Å². The molecule has 1 aromatic carbocycles. The first-order valence-electron chi connectivity index (χ1n) is 6.40. The van der Waals surface area contributed by atoms with Crippen LogP contribution in [-0.2, 0) is 0 Å². The maximum Gasteiger partial charge on any atom is 0.146 e. The molecule has 0 aromatic heterocycles. The molecule has 0 bridgehead atoms. The fraction of sp³-hybridized carbons (Fsp3) is 0.571. The van der Waals surface area contributed by atoms with E-state index in [1.165, 1.54) is 31.4 Å². The summed E-state index contributed by atoms with van der Waals surface area (Å²) < 4.78 is 26.5. The number of rotatable bonds is 3. The van der Waals surface area contributed by atoms with Crippen LogP contribution in [0.1, 0.15) is 39.0 Å². The van der Waals surface area contributed by atoms with Gasteiger partial charge in [0.25, 0.3) is 0 Å². The molecule has 94 valence electrons. The third-order valence-corrected chi connectivity index (χ3v) is 3.65. The minimum absolute atomic E-state index is 0.282. The Morgan fingerprint density at radius 1 is 1.29 bits per heavy atom. The summed E-state index contributed by atoms with van der Waals surface area (Å²) in [6, 6.07) is 3.85. The fourth-order valence-electron chi connectivity index (χ4n) is 2.62. The lowest BCUT2D eigenvalue weighted by Gasteiger charge is -2.29. The molecule has 0 radical (unpaired) electrons. The van der Waals surface area contributed by atoms with Gasteiger partial charge in [-0.25, -0.2) is 8.78 Å². The predicted octanol–water partition coefficient (Wildman–Crippen LogP) is 4.35. The summed E-state index contributed by atoms with van der Waals surface area (Å²) in [6.07, 6.45) is 5.72. The van der Waals surface area contributed by atoms with Crippen molar-refractivity contribution in [1.82, 2.24) is 0 Å². The van der Waals surface area contributed by atoms with Crippen molar-refractivity contribution in [2.75, 3.05) is 5.32 Å². The van der Waals surface area contributed by atoms with Crippen LogP contribution in [-0.4, -0.2) is 6.04 Å². The lowest BCUT2D eigenvalue weighted by atomic mass is 9.84. The topological polar surface area (TPSA) is 12.0 Å². The van der Waals surface area contributed by atoms with E-state index in [-0.39, 0.29) is 11.9 Å². The summed E-state index contributed by atoms with van der Waals surface area (Å²) >= 11 is 0. The van der Waals surface area contributed by atoms with Crippen molar-refractivity contribution in [3.05, 3.63) is 29.8 Å². The monoisotopic (exact) mass is 239 g/mol. The molecule has 0 aliphatic heterocycles. The summed E-state index contributed by atoms with van der Waals surface area (Å²) in [5, 5.41) is 3.14. The third kappa shape index (κ3) is 3.18. The van der Waals surface area contributed by atoms with Crippen LogP contribution >= 0.6 is 0 Å². The number of halogens is 2. The van der Waals surface area contributed by atoms with Gasteiger partial charge in [0, 0.05) is 6.04 Å². The molecule has 1 aliphatic carbocycles. The zero-order valence-corrected chi connectivity index (χ0v) is 10.2. The Balaban J connectivity index is 2.02. The lowest BCUT2D eigenvalue weighted by Crippen LogP contribution is -2.27. The lowest BCUT2D eigenvalue weighted by molar-refractivity contribution is 0.327. The Hall–Kier alpha value is -1.12. The summed E-state index contributed by atoms with van der Waals surface area (Å²) in [5.74, 6) is -0.0420. The van der Waals surface area contributed by atoms with Crippen molar-refractivity contribution in [2.45, 2.75) is 45.1 Å². The summed E-state index contributed by atoms with van der Waals surface area (Å²) in [7, 11) is 0. The van der Waals surface area contributed by atoms with Gasteiger partial charge in [-0.1, -0.05) is 26.2 Å². The van der Waals surface area contributed by atoms with Crippen LogP contribution in [0.2, 0.25) is 0 Å². The van der Waals surface area contributed by atoms with Crippen molar-refractivity contribution in [2.24, 2.45) is 5.92 Å². The van der Waals surface area contributed by atoms with E-state index in [1.54, 1.807) is 0 Å². The largest absolute Gasteiger partial charge is 0.380 e. The molecule has 0 heterocycles. The van der Waals surface area contributed by atoms with Gasteiger partial charge in [-0.05, 0) is 37.0 Å². The molecule has 1 nitrogen and oxygen atoms in total. The van der Waals surface area contributed by atoms with E-state index < -0.39 is 5.82 Å². The normalized spacial score (nSPS) is 24.6. The van der Waals surface area contributed by atoms with Crippen molar-refractivity contribution in [1.29, 1.82) is 0 Å². The molecule has 0 saturated heterocycles. The van der Waals surface area contributed by atoms with Crippen LogP contribution in [0.5, 0.6) is 0 Å². The van der Waals surface area contributed by atoms with Crippen molar-refractivity contribution >= 4 is 5.69 Å². The maximum atomic E-state index is 13.5. The predicted molar refractivity (Wildman–Crippen MR) is 66.0 cm³/mol. The first-order chi connectivity index (χ1) is 8.19. The van der Waals surface area contributed by atoms with Crippen LogP contribution < -0.4 is 5.32 Å². The van der Waals surface area contributed by atoms with Gasteiger partial charge in [0.2, 0.25) is 0 Å². The van der Waals surface area contributed by atoms with Gasteiger partial charge in [-0.3, -0.25) is 0 Å². The highest BCUT2D eigenvalue weighted by Gasteiger charge is 2.21. The molecule has 0 spiro atoms. The second-order valence-corrected chi connectivity index (χ2v) is 4.91. The standard InChI is InChI=1S/C14H19F2N/c1-2-10-4-3-5-12(8-10)17-14-9-11(15)6-7-13(14)16/h6-7,9-10,12,17H,2-5,8H2,1H3. The third-order valence-electron chi connectivity index (χ3n) is 3.65. The zero-order chi connectivity index (χ0) is 12.3. The van der Waals surface area contributed by atoms with Gasteiger partial charge < -0.3 is 5.32 Å². The number of nitrogens with one attached hydrogen (secondary N) is 1. The second-order valence-electron chi connectivity index (χ2n) is 4.91. The molecule has 1 aromatic rings. The summed E-state index contributed by atoms with van der Waals surface area (Å²) in [5.41, 5.74) is 0.298. The number of hydrogen-bond donors (Lipinski definition) is 1. The highest BCUT2D eigenvalue weighted by Crippen LogP contribution is 2.29. The van der Waals surface area contributed by atoms with Crippen molar-refractivity contribution < 1.29 is 8.78 Å². The van der Waals surface area contributed by atoms with E-state index in [0.29, 0.717) is 5.69 Å². The molecule has 3 heteroatoms. The van der Waals surface area contributed by atoms with Gasteiger partial charge in [0.1, 0.15) is 11.6 Å². The van der Waals surface area contributed by atoms with Crippen molar-refractivity contribution in [3.8, 4) is 0 Å². The molecule has 1 aliphatic rings. The molecule has 17 heavy (non-hydrogen) atoms. The minimum atomic E-state index is -0.392. The summed E-state index contributed by atoms with van der Waals surface area (Å²) in [4.78, 5) is 0. The quantitative estimate of drug-likeness (QED) is 0.827. The van der Waals surface area contributed by atoms with Crippen LogP contribution in [0.15, 0.2) is 18.2 Å². The van der Waals surface area contributed by atoms with E-state index in [4.69, 9.17) is 0 Å². The van der Waals surface area contributed by atoms with E-state index in [0.717, 1.165) is 24.8 Å². The molecule has 1 saturated carbocycles. The second kappa shape index (κ2) is 5.48. The van der Waals surface area contributed by atoms with Crippen LogP contribution in [0.4, 0.5) is 14.5 Å². The fourth-order valence-corrected chi connectivity index (χ4v) is 2.62. The van der Waals surface area contributed by atoms with E-state index in [9.17, 15) is 8.78 Å². The minimum Gasteiger partial charge on any atom is -0.380 e. The molecular formula is C14H19F2N.